The van der Waals surface area contributed by atoms with Crippen LogP contribution in [0.2, 0.25) is 5.02 Å². The minimum atomic E-state index is 0.0723. The highest BCUT2D eigenvalue weighted by atomic mass is 35.5. The van der Waals surface area contributed by atoms with Crippen molar-refractivity contribution in [2.24, 2.45) is 0 Å². The average molecular weight is 345 g/mol. The summed E-state index contributed by atoms with van der Waals surface area (Å²) in [5.74, 6) is 0.0723. The number of carbonyl (C=O) groups is 1. The fraction of sp³-hybridized carbons (Fsp3) is 0.350. The Morgan fingerprint density at radius 3 is 2.54 bits per heavy atom. The van der Waals surface area contributed by atoms with Crippen molar-refractivity contribution in [1.82, 2.24) is 5.32 Å². The van der Waals surface area contributed by atoms with Gasteiger partial charge in [-0.05, 0) is 48.6 Å². The maximum absolute atomic E-state index is 11.9. The Balaban J connectivity index is 1.71. The van der Waals surface area contributed by atoms with Gasteiger partial charge in [-0.3, -0.25) is 4.79 Å². The SMILES string of the molecule is CCc1cccc(C)c1NCCC(=O)NCCc1ccc(Cl)cc1. The number of aryl methyl sites for hydroxylation is 2. The zero-order valence-corrected chi connectivity index (χ0v) is 15.1. The molecule has 0 atom stereocenters. The van der Waals surface area contributed by atoms with Crippen molar-refractivity contribution >= 4 is 23.2 Å². The van der Waals surface area contributed by atoms with Gasteiger partial charge < -0.3 is 10.6 Å². The van der Waals surface area contributed by atoms with Crippen LogP contribution in [-0.4, -0.2) is 19.0 Å². The van der Waals surface area contributed by atoms with Gasteiger partial charge in [0.2, 0.25) is 5.91 Å². The number of benzene rings is 2. The number of halogens is 1. The summed E-state index contributed by atoms with van der Waals surface area (Å²) in [5, 5.41) is 7.10. The maximum Gasteiger partial charge on any atom is 0.221 e. The third-order valence-electron chi connectivity index (χ3n) is 4.04. The van der Waals surface area contributed by atoms with Crippen LogP contribution in [0.15, 0.2) is 42.5 Å². The molecule has 2 rings (SSSR count). The molecule has 128 valence electrons. The minimum absolute atomic E-state index is 0.0723. The number of anilines is 1. The van der Waals surface area contributed by atoms with E-state index in [1.165, 1.54) is 16.7 Å². The smallest absolute Gasteiger partial charge is 0.221 e. The second-order valence-corrected chi connectivity index (χ2v) is 6.30. The van der Waals surface area contributed by atoms with Gasteiger partial charge in [0, 0.05) is 30.2 Å². The highest BCUT2D eigenvalue weighted by Gasteiger charge is 2.05. The van der Waals surface area contributed by atoms with Gasteiger partial charge in [0.1, 0.15) is 0 Å². The lowest BCUT2D eigenvalue weighted by molar-refractivity contribution is -0.120. The molecule has 2 aromatic carbocycles. The minimum Gasteiger partial charge on any atom is -0.384 e. The Labute approximate surface area is 149 Å². The van der Waals surface area contributed by atoms with E-state index in [0.717, 1.165) is 23.6 Å². The Morgan fingerprint density at radius 1 is 1.08 bits per heavy atom. The number of para-hydroxylation sites is 1. The summed E-state index contributed by atoms with van der Waals surface area (Å²) < 4.78 is 0. The average Bonchev–Trinajstić information content (AvgIpc) is 2.58. The molecule has 0 aliphatic rings. The normalized spacial score (nSPS) is 10.5. The first-order valence-corrected chi connectivity index (χ1v) is 8.81. The van der Waals surface area contributed by atoms with E-state index in [2.05, 4.69) is 42.7 Å². The lowest BCUT2D eigenvalue weighted by atomic mass is 10.1. The van der Waals surface area contributed by atoms with Gasteiger partial charge in [0.05, 0.1) is 0 Å². The molecule has 0 unspecified atom stereocenters. The van der Waals surface area contributed by atoms with Gasteiger partial charge in [-0.15, -0.1) is 0 Å². The van der Waals surface area contributed by atoms with Gasteiger partial charge in [0.15, 0.2) is 0 Å². The van der Waals surface area contributed by atoms with Crippen LogP contribution < -0.4 is 10.6 Å². The van der Waals surface area contributed by atoms with Crippen molar-refractivity contribution in [2.45, 2.75) is 33.1 Å². The van der Waals surface area contributed by atoms with Crippen LogP contribution in [0.5, 0.6) is 0 Å². The van der Waals surface area contributed by atoms with Gasteiger partial charge in [-0.2, -0.15) is 0 Å². The topological polar surface area (TPSA) is 41.1 Å². The van der Waals surface area contributed by atoms with Gasteiger partial charge in [0.25, 0.3) is 0 Å². The molecule has 0 aliphatic heterocycles. The third kappa shape index (κ3) is 5.57. The summed E-state index contributed by atoms with van der Waals surface area (Å²) in [6.07, 6.45) is 2.27. The molecule has 0 heterocycles. The largest absolute Gasteiger partial charge is 0.384 e. The highest BCUT2D eigenvalue weighted by Crippen LogP contribution is 2.20. The molecule has 0 saturated heterocycles. The van der Waals surface area contributed by atoms with E-state index in [9.17, 15) is 4.79 Å². The Kier molecular flexibility index (Phi) is 7.13. The van der Waals surface area contributed by atoms with Crippen molar-refractivity contribution in [3.8, 4) is 0 Å². The van der Waals surface area contributed by atoms with Crippen LogP contribution >= 0.6 is 11.6 Å². The number of hydrogen-bond acceptors (Lipinski definition) is 2. The molecule has 0 radical (unpaired) electrons. The van der Waals surface area contributed by atoms with Gasteiger partial charge >= 0.3 is 0 Å². The van der Waals surface area contributed by atoms with Crippen LogP contribution in [0, 0.1) is 6.92 Å². The van der Waals surface area contributed by atoms with Gasteiger partial charge in [-0.25, -0.2) is 0 Å². The molecular formula is C20H25ClN2O. The molecule has 0 bridgehead atoms. The van der Waals surface area contributed by atoms with Crippen LogP contribution in [0.25, 0.3) is 0 Å². The molecule has 0 aliphatic carbocycles. The fourth-order valence-electron chi connectivity index (χ4n) is 2.66. The van der Waals surface area contributed by atoms with E-state index in [-0.39, 0.29) is 5.91 Å². The molecular weight excluding hydrogens is 320 g/mol. The van der Waals surface area contributed by atoms with E-state index in [4.69, 9.17) is 11.6 Å². The fourth-order valence-corrected chi connectivity index (χ4v) is 2.79. The van der Waals surface area contributed by atoms with E-state index < -0.39 is 0 Å². The van der Waals surface area contributed by atoms with E-state index in [1.807, 2.05) is 24.3 Å². The van der Waals surface area contributed by atoms with Crippen LogP contribution in [0.3, 0.4) is 0 Å². The predicted octanol–water partition coefficient (Wildman–Crippen LogP) is 4.37. The van der Waals surface area contributed by atoms with Crippen LogP contribution in [-0.2, 0) is 17.6 Å². The van der Waals surface area contributed by atoms with Crippen molar-refractivity contribution in [1.29, 1.82) is 0 Å². The number of rotatable bonds is 8. The molecule has 0 aromatic heterocycles. The molecule has 3 nitrogen and oxygen atoms in total. The molecule has 2 N–H and O–H groups in total. The Hall–Kier alpha value is -2.00. The summed E-state index contributed by atoms with van der Waals surface area (Å²) in [4.78, 5) is 11.9. The first-order valence-electron chi connectivity index (χ1n) is 8.43. The quantitative estimate of drug-likeness (QED) is 0.746. The van der Waals surface area contributed by atoms with E-state index in [0.29, 0.717) is 19.5 Å². The van der Waals surface area contributed by atoms with Crippen molar-refractivity contribution in [3.05, 3.63) is 64.2 Å². The number of amides is 1. The Bertz CT molecular complexity index is 668. The molecule has 24 heavy (non-hydrogen) atoms. The number of carbonyl (C=O) groups excluding carboxylic acids is 1. The highest BCUT2D eigenvalue weighted by molar-refractivity contribution is 6.30. The summed E-state index contributed by atoms with van der Waals surface area (Å²) in [6.45, 7) is 5.52. The van der Waals surface area contributed by atoms with Crippen molar-refractivity contribution < 1.29 is 4.79 Å². The standard InChI is InChI=1S/C20H25ClN2O/c1-3-17-6-4-5-15(2)20(17)23-14-12-19(24)22-13-11-16-7-9-18(21)10-8-16/h4-10,23H,3,11-14H2,1-2H3,(H,22,24). The second-order valence-electron chi connectivity index (χ2n) is 5.87. The molecule has 2 aromatic rings. The van der Waals surface area contributed by atoms with Crippen molar-refractivity contribution in [3.63, 3.8) is 0 Å². The molecule has 0 saturated carbocycles. The molecule has 1 amide bonds. The zero-order valence-electron chi connectivity index (χ0n) is 14.4. The first-order chi connectivity index (χ1) is 11.6. The van der Waals surface area contributed by atoms with Crippen LogP contribution in [0.4, 0.5) is 5.69 Å². The number of hydrogen-bond donors (Lipinski definition) is 2. The monoisotopic (exact) mass is 344 g/mol. The lowest BCUT2D eigenvalue weighted by Gasteiger charge is -2.14. The van der Waals surface area contributed by atoms with Crippen molar-refractivity contribution in [2.75, 3.05) is 18.4 Å². The predicted molar refractivity (Wildman–Crippen MR) is 102 cm³/mol. The third-order valence-corrected chi connectivity index (χ3v) is 4.29. The number of nitrogens with one attached hydrogen (secondary N) is 2. The summed E-state index contributed by atoms with van der Waals surface area (Å²) in [6, 6.07) is 14.0. The first kappa shape index (κ1) is 18.3. The zero-order chi connectivity index (χ0) is 17.4. The van der Waals surface area contributed by atoms with Crippen LogP contribution in [0.1, 0.15) is 30.0 Å². The van der Waals surface area contributed by atoms with E-state index >= 15 is 0 Å². The summed E-state index contributed by atoms with van der Waals surface area (Å²) >= 11 is 5.86. The lowest BCUT2D eigenvalue weighted by Crippen LogP contribution is -2.27. The Morgan fingerprint density at radius 2 is 1.83 bits per heavy atom. The summed E-state index contributed by atoms with van der Waals surface area (Å²) in [7, 11) is 0. The second kappa shape index (κ2) is 9.33. The van der Waals surface area contributed by atoms with Gasteiger partial charge in [-0.1, -0.05) is 48.9 Å². The molecule has 0 fully saturated rings. The molecule has 0 spiro atoms. The van der Waals surface area contributed by atoms with E-state index in [1.54, 1.807) is 0 Å². The molecule has 4 heteroatoms. The maximum atomic E-state index is 11.9. The summed E-state index contributed by atoms with van der Waals surface area (Å²) in [5.41, 5.74) is 4.84.